The summed E-state index contributed by atoms with van der Waals surface area (Å²) in [7, 11) is 0. The summed E-state index contributed by atoms with van der Waals surface area (Å²) in [5, 5.41) is 6.13. The van der Waals surface area contributed by atoms with Crippen LogP contribution in [0, 0.1) is 5.82 Å². The van der Waals surface area contributed by atoms with Crippen LogP contribution in [-0.2, 0) is 11.3 Å². The van der Waals surface area contributed by atoms with Gasteiger partial charge in [0.25, 0.3) is 0 Å². The van der Waals surface area contributed by atoms with Crippen LogP contribution < -0.4 is 10.6 Å². The van der Waals surface area contributed by atoms with Crippen LogP contribution in [0.3, 0.4) is 0 Å². The second-order valence-electron chi connectivity index (χ2n) is 4.34. The molecule has 0 bridgehead atoms. The number of hydrogen-bond donors (Lipinski definition) is 2. The van der Waals surface area contributed by atoms with Crippen LogP contribution in [0.5, 0.6) is 0 Å². The lowest BCUT2D eigenvalue weighted by atomic mass is 10.2. The fourth-order valence-electron chi connectivity index (χ4n) is 1.89. The summed E-state index contributed by atoms with van der Waals surface area (Å²) in [6.07, 6.45) is 0.488. The molecular weight excluding hydrogens is 251 g/mol. The molecule has 3 nitrogen and oxygen atoms in total. The second-order valence-corrected chi connectivity index (χ2v) is 5.49. The summed E-state index contributed by atoms with van der Waals surface area (Å²) >= 11 is 1.87. The summed E-state index contributed by atoms with van der Waals surface area (Å²) < 4.78 is 12.9. The van der Waals surface area contributed by atoms with E-state index in [4.69, 9.17) is 0 Å². The first-order valence-corrected chi connectivity index (χ1v) is 7.22. The predicted octanol–water partition coefficient (Wildman–Crippen LogP) is 1.54. The molecule has 18 heavy (non-hydrogen) atoms. The highest BCUT2D eigenvalue weighted by atomic mass is 32.2. The van der Waals surface area contributed by atoms with Crippen molar-refractivity contribution in [2.24, 2.45) is 0 Å². The number of carbonyl (C=O) groups is 1. The molecule has 2 rings (SSSR count). The van der Waals surface area contributed by atoms with Crippen LogP contribution in [0.2, 0.25) is 0 Å². The first-order chi connectivity index (χ1) is 8.74. The summed E-state index contributed by atoms with van der Waals surface area (Å²) in [5.74, 6) is 1.83. The zero-order valence-corrected chi connectivity index (χ0v) is 10.9. The third-order valence-corrected chi connectivity index (χ3v) is 3.94. The van der Waals surface area contributed by atoms with Crippen LogP contribution in [-0.4, -0.2) is 30.0 Å². The highest BCUT2D eigenvalue weighted by Crippen LogP contribution is 2.10. The Bertz CT molecular complexity index is 408. The van der Waals surface area contributed by atoms with Gasteiger partial charge < -0.3 is 10.6 Å². The number of hydrogen-bond acceptors (Lipinski definition) is 3. The zero-order chi connectivity index (χ0) is 12.8. The molecule has 1 saturated heterocycles. The fraction of sp³-hybridized carbons (Fsp3) is 0.462. The molecule has 2 N–H and O–H groups in total. The molecule has 1 aromatic rings. The van der Waals surface area contributed by atoms with Crippen molar-refractivity contribution < 1.29 is 9.18 Å². The Hall–Kier alpha value is -1.07. The van der Waals surface area contributed by atoms with Gasteiger partial charge >= 0.3 is 0 Å². The van der Waals surface area contributed by atoms with E-state index in [2.05, 4.69) is 10.6 Å². The third-order valence-electron chi connectivity index (χ3n) is 2.81. The second kappa shape index (κ2) is 6.75. The Kier molecular flexibility index (Phi) is 5.01. The van der Waals surface area contributed by atoms with Gasteiger partial charge in [0.1, 0.15) is 5.82 Å². The lowest BCUT2D eigenvalue weighted by Gasteiger charge is -2.22. The molecule has 1 amide bonds. The Morgan fingerprint density at radius 2 is 2.44 bits per heavy atom. The quantitative estimate of drug-likeness (QED) is 0.870. The normalized spacial score (nSPS) is 19.5. The van der Waals surface area contributed by atoms with Crippen molar-refractivity contribution in [3.05, 3.63) is 35.6 Å². The van der Waals surface area contributed by atoms with E-state index in [1.54, 1.807) is 12.1 Å². The van der Waals surface area contributed by atoms with Crippen LogP contribution in [0.25, 0.3) is 0 Å². The molecule has 1 unspecified atom stereocenters. The Labute approximate surface area is 111 Å². The Morgan fingerprint density at radius 1 is 1.56 bits per heavy atom. The largest absolute Gasteiger partial charge is 0.352 e. The zero-order valence-electron chi connectivity index (χ0n) is 10.1. The molecule has 0 spiro atoms. The molecule has 98 valence electrons. The van der Waals surface area contributed by atoms with Crippen LogP contribution in [0.1, 0.15) is 12.0 Å². The summed E-state index contributed by atoms with van der Waals surface area (Å²) in [4.78, 5) is 11.7. The molecule has 1 heterocycles. The predicted molar refractivity (Wildman–Crippen MR) is 72.0 cm³/mol. The minimum Gasteiger partial charge on any atom is -0.352 e. The molecular formula is C13H17FN2OS. The maximum atomic E-state index is 12.9. The fourth-order valence-corrected chi connectivity index (χ4v) is 2.84. The molecule has 1 aromatic carbocycles. The number of rotatable bonds is 4. The molecule has 0 radical (unpaired) electrons. The first-order valence-electron chi connectivity index (χ1n) is 6.06. The highest BCUT2D eigenvalue weighted by molar-refractivity contribution is 7.99. The molecule has 5 heteroatoms. The number of nitrogens with one attached hydrogen (secondary N) is 2. The number of benzene rings is 1. The van der Waals surface area contributed by atoms with Gasteiger partial charge in [-0.3, -0.25) is 4.79 Å². The molecule has 1 aliphatic rings. The Balaban J connectivity index is 1.74. The molecule has 0 aliphatic carbocycles. The van der Waals surface area contributed by atoms with E-state index in [0.29, 0.717) is 13.0 Å². The van der Waals surface area contributed by atoms with E-state index in [9.17, 15) is 9.18 Å². The van der Waals surface area contributed by atoms with Crippen molar-refractivity contribution in [3.8, 4) is 0 Å². The van der Waals surface area contributed by atoms with Crippen molar-refractivity contribution in [2.45, 2.75) is 19.0 Å². The van der Waals surface area contributed by atoms with Crippen molar-refractivity contribution in [1.82, 2.24) is 10.6 Å². The van der Waals surface area contributed by atoms with Crippen LogP contribution in [0.4, 0.5) is 4.39 Å². The lowest BCUT2D eigenvalue weighted by Crippen LogP contribution is -2.41. The van der Waals surface area contributed by atoms with Crippen molar-refractivity contribution in [2.75, 3.05) is 18.1 Å². The Morgan fingerprint density at radius 3 is 3.17 bits per heavy atom. The summed E-state index contributed by atoms with van der Waals surface area (Å²) in [6.45, 7) is 1.35. The summed E-state index contributed by atoms with van der Waals surface area (Å²) in [6, 6.07) is 6.55. The molecule has 1 aliphatic heterocycles. The van der Waals surface area contributed by atoms with E-state index in [0.717, 1.165) is 23.6 Å². The topological polar surface area (TPSA) is 41.1 Å². The SMILES string of the molecule is O=C(CC1CSCCN1)NCc1cccc(F)c1. The van der Waals surface area contributed by atoms with Crippen LogP contribution in [0.15, 0.2) is 24.3 Å². The van der Waals surface area contributed by atoms with Crippen molar-refractivity contribution >= 4 is 17.7 Å². The number of amides is 1. The number of thioether (sulfide) groups is 1. The van der Waals surface area contributed by atoms with E-state index in [1.807, 2.05) is 11.8 Å². The minimum absolute atomic E-state index is 0.0132. The summed E-state index contributed by atoms with van der Waals surface area (Å²) in [5.41, 5.74) is 0.786. The van der Waals surface area contributed by atoms with Crippen molar-refractivity contribution in [3.63, 3.8) is 0 Å². The van der Waals surface area contributed by atoms with Crippen LogP contribution >= 0.6 is 11.8 Å². The third kappa shape index (κ3) is 4.31. The van der Waals surface area contributed by atoms with Crippen molar-refractivity contribution in [1.29, 1.82) is 0 Å². The first kappa shape index (κ1) is 13.4. The standard InChI is InChI=1S/C13H17FN2OS/c14-11-3-1-2-10(6-11)8-16-13(17)7-12-9-18-5-4-15-12/h1-3,6,12,15H,4-5,7-9H2,(H,16,17). The van der Waals surface area contributed by atoms with Gasteiger partial charge in [-0.15, -0.1) is 0 Å². The molecule has 0 saturated carbocycles. The van der Waals surface area contributed by atoms with Gasteiger partial charge in [0.15, 0.2) is 0 Å². The minimum atomic E-state index is -0.271. The average Bonchev–Trinajstić information content (AvgIpc) is 2.38. The van der Waals surface area contributed by atoms with E-state index in [1.165, 1.54) is 12.1 Å². The van der Waals surface area contributed by atoms with Gasteiger partial charge in [0.2, 0.25) is 5.91 Å². The van der Waals surface area contributed by atoms with E-state index in [-0.39, 0.29) is 17.8 Å². The number of carbonyl (C=O) groups excluding carboxylic acids is 1. The molecule has 0 aromatic heterocycles. The smallest absolute Gasteiger partial charge is 0.221 e. The maximum Gasteiger partial charge on any atom is 0.221 e. The van der Waals surface area contributed by atoms with E-state index >= 15 is 0 Å². The monoisotopic (exact) mass is 268 g/mol. The van der Waals surface area contributed by atoms with Gasteiger partial charge in [-0.1, -0.05) is 12.1 Å². The average molecular weight is 268 g/mol. The molecule has 1 fully saturated rings. The van der Waals surface area contributed by atoms with E-state index < -0.39 is 0 Å². The van der Waals surface area contributed by atoms with Gasteiger partial charge in [0, 0.05) is 37.1 Å². The van der Waals surface area contributed by atoms with Gasteiger partial charge in [0.05, 0.1) is 0 Å². The van der Waals surface area contributed by atoms with Gasteiger partial charge in [-0.05, 0) is 17.7 Å². The molecule has 1 atom stereocenters. The lowest BCUT2D eigenvalue weighted by molar-refractivity contribution is -0.121. The highest BCUT2D eigenvalue weighted by Gasteiger charge is 2.16. The maximum absolute atomic E-state index is 12.9. The number of halogens is 1. The van der Waals surface area contributed by atoms with Gasteiger partial charge in [-0.25, -0.2) is 4.39 Å². The van der Waals surface area contributed by atoms with Gasteiger partial charge in [-0.2, -0.15) is 11.8 Å².